The number of hydrogen-bond donors (Lipinski definition) is 2. The molecule has 0 bridgehead atoms. The van der Waals surface area contributed by atoms with Crippen LogP contribution in [0.4, 0.5) is 5.69 Å². The summed E-state index contributed by atoms with van der Waals surface area (Å²) in [4.78, 5) is 23.8. The molecule has 0 saturated carbocycles. The van der Waals surface area contributed by atoms with Crippen LogP contribution in [0.25, 0.3) is 0 Å². The van der Waals surface area contributed by atoms with Gasteiger partial charge in [-0.1, -0.05) is 29.3 Å². The minimum absolute atomic E-state index is 0.00125. The fourth-order valence-corrected chi connectivity index (χ4v) is 3.13. The molecule has 0 spiro atoms. The fraction of sp³-hybridized carbons (Fsp3) is 0.125. The van der Waals surface area contributed by atoms with Crippen LogP contribution in [-0.2, 0) is 19.6 Å². The molecule has 7 nitrogen and oxygen atoms in total. The van der Waals surface area contributed by atoms with E-state index in [4.69, 9.17) is 27.9 Å². The quantitative estimate of drug-likeness (QED) is 0.704. The van der Waals surface area contributed by atoms with E-state index in [0.717, 1.165) is 6.07 Å². The van der Waals surface area contributed by atoms with Crippen molar-refractivity contribution in [3.63, 3.8) is 0 Å². The zero-order chi connectivity index (χ0) is 19.3. The summed E-state index contributed by atoms with van der Waals surface area (Å²) in [6, 6.07) is 9.77. The van der Waals surface area contributed by atoms with Crippen LogP contribution in [0.5, 0.6) is 0 Å². The SMILES string of the molecule is CNS(=O)(=O)c1cccc(C(=O)OCC(=O)Nc2ccc(Cl)cc2Cl)c1. The number of nitrogens with one attached hydrogen (secondary N) is 2. The van der Waals surface area contributed by atoms with Crippen LogP contribution >= 0.6 is 23.2 Å². The van der Waals surface area contributed by atoms with Gasteiger partial charge < -0.3 is 10.1 Å². The van der Waals surface area contributed by atoms with E-state index >= 15 is 0 Å². The number of halogens is 2. The summed E-state index contributed by atoms with van der Waals surface area (Å²) >= 11 is 11.7. The largest absolute Gasteiger partial charge is 0.452 e. The molecule has 0 aromatic heterocycles. The minimum Gasteiger partial charge on any atom is -0.452 e. The van der Waals surface area contributed by atoms with Gasteiger partial charge in [0.2, 0.25) is 10.0 Å². The second-order valence-corrected chi connectivity index (χ2v) is 7.71. The van der Waals surface area contributed by atoms with Gasteiger partial charge in [-0.05, 0) is 43.4 Å². The van der Waals surface area contributed by atoms with Crippen molar-refractivity contribution >= 4 is 50.8 Å². The first-order chi connectivity index (χ1) is 12.2. The minimum atomic E-state index is -3.70. The Morgan fingerprint density at radius 3 is 2.50 bits per heavy atom. The summed E-state index contributed by atoms with van der Waals surface area (Å²) in [5.74, 6) is -1.45. The van der Waals surface area contributed by atoms with Gasteiger partial charge in [0.05, 0.1) is 21.2 Å². The lowest BCUT2D eigenvalue weighted by atomic mass is 10.2. The first-order valence-corrected chi connectivity index (χ1v) is 9.42. The number of ether oxygens (including phenoxy) is 1. The van der Waals surface area contributed by atoms with Crippen LogP contribution in [-0.4, -0.2) is 33.9 Å². The molecule has 0 aliphatic carbocycles. The Balaban J connectivity index is 2.00. The predicted octanol–water partition coefficient (Wildman–Crippen LogP) is 2.70. The number of carbonyl (C=O) groups excluding carboxylic acids is 2. The van der Waals surface area contributed by atoms with E-state index in [-0.39, 0.29) is 15.5 Å². The van der Waals surface area contributed by atoms with Gasteiger partial charge in [-0.25, -0.2) is 17.9 Å². The molecule has 2 aromatic carbocycles. The summed E-state index contributed by atoms with van der Waals surface area (Å²) in [5, 5.41) is 3.13. The Bertz CT molecular complexity index is 947. The van der Waals surface area contributed by atoms with Gasteiger partial charge in [-0.2, -0.15) is 0 Å². The maximum Gasteiger partial charge on any atom is 0.338 e. The van der Waals surface area contributed by atoms with Crippen molar-refractivity contribution in [2.45, 2.75) is 4.90 Å². The summed E-state index contributed by atoms with van der Waals surface area (Å²) in [7, 11) is -2.44. The average molecular weight is 417 g/mol. The second kappa shape index (κ2) is 8.50. The van der Waals surface area contributed by atoms with Crippen LogP contribution in [0.3, 0.4) is 0 Å². The molecule has 0 saturated heterocycles. The number of amides is 1. The summed E-state index contributed by atoms with van der Waals surface area (Å²) in [6.45, 7) is -0.569. The highest BCUT2D eigenvalue weighted by atomic mass is 35.5. The molecule has 1 amide bonds. The Kier molecular flexibility index (Phi) is 6.60. The highest BCUT2D eigenvalue weighted by Gasteiger charge is 2.16. The lowest BCUT2D eigenvalue weighted by molar-refractivity contribution is -0.119. The van der Waals surface area contributed by atoms with Gasteiger partial charge >= 0.3 is 5.97 Å². The molecule has 0 atom stereocenters. The third-order valence-electron chi connectivity index (χ3n) is 3.19. The molecule has 2 N–H and O–H groups in total. The van der Waals surface area contributed by atoms with Gasteiger partial charge in [0.1, 0.15) is 0 Å². The second-order valence-electron chi connectivity index (χ2n) is 4.98. The van der Waals surface area contributed by atoms with Crippen molar-refractivity contribution in [1.82, 2.24) is 4.72 Å². The van der Waals surface area contributed by atoms with E-state index in [2.05, 4.69) is 10.0 Å². The average Bonchev–Trinajstić information content (AvgIpc) is 2.62. The number of rotatable bonds is 6. The monoisotopic (exact) mass is 416 g/mol. The van der Waals surface area contributed by atoms with Gasteiger partial charge in [-0.3, -0.25) is 4.79 Å². The Morgan fingerprint density at radius 1 is 1.12 bits per heavy atom. The maximum absolute atomic E-state index is 12.0. The topological polar surface area (TPSA) is 102 Å². The number of sulfonamides is 1. The summed E-state index contributed by atoms with van der Waals surface area (Å²) in [6.07, 6.45) is 0. The first kappa shape index (κ1) is 20.2. The highest BCUT2D eigenvalue weighted by molar-refractivity contribution is 7.89. The van der Waals surface area contributed by atoms with E-state index in [9.17, 15) is 18.0 Å². The van der Waals surface area contributed by atoms with E-state index in [1.165, 1.54) is 37.4 Å². The van der Waals surface area contributed by atoms with E-state index in [1.807, 2.05) is 0 Å². The van der Waals surface area contributed by atoms with Crippen molar-refractivity contribution in [3.8, 4) is 0 Å². The zero-order valence-corrected chi connectivity index (χ0v) is 15.8. The highest BCUT2D eigenvalue weighted by Crippen LogP contribution is 2.25. The fourth-order valence-electron chi connectivity index (χ4n) is 1.90. The standard InChI is InChI=1S/C16H14Cl2N2O5S/c1-19-26(23,24)12-4-2-3-10(7-12)16(22)25-9-15(21)20-14-6-5-11(17)8-13(14)18/h2-8,19H,9H2,1H3,(H,20,21). The molecule has 0 radical (unpaired) electrons. The smallest absolute Gasteiger partial charge is 0.338 e. The van der Waals surface area contributed by atoms with E-state index < -0.39 is 28.5 Å². The van der Waals surface area contributed by atoms with Crippen molar-refractivity contribution in [2.24, 2.45) is 0 Å². The van der Waals surface area contributed by atoms with Crippen LogP contribution in [0.2, 0.25) is 10.0 Å². The molecule has 0 fully saturated rings. The van der Waals surface area contributed by atoms with Crippen LogP contribution < -0.4 is 10.0 Å². The molecular weight excluding hydrogens is 403 g/mol. The van der Waals surface area contributed by atoms with Crippen molar-refractivity contribution in [3.05, 3.63) is 58.1 Å². The number of hydrogen-bond acceptors (Lipinski definition) is 5. The molecule has 138 valence electrons. The van der Waals surface area contributed by atoms with Crippen molar-refractivity contribution in [2.75, 3.05) is 19.0 Å². The van der Waals surface area contributed by atoms with E-state index in [0.29, 0.717) is 10.7 Å². The lowest BCUT2D eigenvalue weighted by Gasteiger charge is -2.09. The molecule has 0 heterocycles. The van der Waals surface area contributed by atoms with Crippen LogP contribution in [0.1, 0.15) is 10.4 Å². The van der Waals surface area contributed by atoms with Gasteiger partial charge in [-0.15, -0.1) is 0 Å². The molecule has 0 aliphatic heterocycles. The van der Waals surface area contributed by atoms with Gasteiger partial charge in [0.25, 0.3) is 5.91 Å². The normalized spacial score (nSPS) is 11.0. The van der Waals surface area contributed by atoms with Crippen LogP contribution in [0, 0.1) is 0 Å². The van der Waals surface area contributed by atoms with Crippen molar-refractivity contribution < 1.29 is 22.7 Å². The van der Waals surface area contributed by atoms with Crippen molar-refractivity contribution in [1.29, 1.82) is 0 Å². The first-order valence-electron chi connectivity index (χ1n) is 7.18. The lowest BCUT2D eigenvalue weighted by Crippen LogP contribution is -2.22. The summed E-state index contributed by atoms with van der Waals surface area (Å²) in [5.41, 5.74) is 0.317. The Morgan fingerprint density at radius 2 is 1.85 bits per heavy atom. The molecule has 2 rings (SSSR count). The molecule has 0 aliphatic rings. The van der Waals surface area contributed by atoms with Gasteiger partial charge in [0, 0.05) is 5.02 Å². The number of benzene rings is 2. The zero-order valence-electron chi connectivity index (χ0n) is 13.5. The maximum atomic E-state index is 12.0. The van der Waals surface area contributed by atoms with E-state index in [1.54, 1.807) is 6.07 Å². The third-order valence-corrected chi connectivity index (χ3v) is 5.15. The molecule has 2 aromatic rings. The Labute approximate surface area is 160 Å². The number of carbonyl (C=O) groups is 2. The molecule has 0 unspecified atom stereocenters. The number of anilines is 1. The van der Waals surface area contributed by atoms with Gasteiger partial charge in [0.15, 0.2) is 6.61 Å². The number of esters is 1. The Hall–Kier alpha value is -2.13. The molecule has 10 heteroatoms. The summed E-state index contributed by atoms with van der Waals surface area (Å²) < 4.78 is 30.5. The molecular formula is C16H14Cl2N2O5S. The third kappa shape index (κ3) is 5.18. The molecule has 26 heavy (non-hydrogen) atoms. The predicted molar refractivity (Wildman–Crippen MR) is 98.1 cm³/mol. The van der Waals surface area contributed by atoms with Crippen LogP contribution in [0.15, 0.2) is 47.4 Å².